The van der Waals surface area contributed by atoms with Crippen LogP contribution in [0.15, 0.2) is 0 Å². The fraction of sp³-hybridized carbons (Fsp3) is 0.857. The number of aliphatic carboxylic acids is 1. The molecule has 2 unspecified atom stereocenters. The highest BCUT2D eigenvalue weighted by molar-refractivity contribution is 5.75. The number of carbonyl (C=O) groups is 1. The van der Waals surface area contributed by atoms with Gasteiger partial charge in [0, 0.05) is 6.54 Å². The van der Waals surface area contributed by atoms with E-state index in [1.165, 1.54) is 0 Å². The maximum atomic E-state index is 10.5. The molecule has 1 rings (SSSR count). The predicted molar refractivity (Wildman–Crippen MR) is 37.8 cm³/mol. The maximum absolute atomic E-state index is 10.5. The molecule has 58 valence electrons. The van der Waals surface area contributed by atoms with Crippen molar-refractivity contribution in [2.45, 2.75) is 19.4 Å². The van der Waals surface area contributed by atoms with E-state index >= 15 is 0 Å². The van der Waals surface area contributed by atoms with Gasteiger partial charge in [-0.3, -0.25) is 9.69 Å². The number of carboxylic acids is 1. The molecule has 3 nitrogen and oxygen atoms in total. The second kappa shape index (κ2) is 2.58. The van der Waals surface area contributed by atoms with Gasteiger partial charge in [-0.25, -0.2) is 0 Å². The second-order valence-electron chi connectivity index (χ2n) is 2.89. The molecule has 2 atom stereocenters. The molecule has 0 aromatic carbocycles. The number of hydrogen-bond acceptors (Lipinski definition) is 2. The lowest BCUT2D eigenvalue weighted by Gasteiger charge is -2.42. The number of nitrogens with zero attached hydrogens (tertiary/aromatic N) is 1. The highest BCUT2D eigenvalue weighted by Crippen LogP contribution is 2.25. The Balaban J connectivity index is 2.48. The molecule has 0 aliphatic carbocycles. The first-order valence-corrected chi connectivity index (χ1v) is 3.59. The van der Waals surface area contributed by atoms with Gasteiger partial charge in [0.25, 0.3) is 0 Å². The SMILES string of the molecule is CCC1CN(C)C1C(=O)O. The molecule has 0 spiro atoms. The molecular formula is C7H13NO2. The minimum Gasteiger partial charge on any atom is -0.480 e. The molecule has 0 saturated carbocycles. The van der Waals surface area contributed by atoms with E-state index in [9.17, 15) is 4.79 Å². The molecule has 0 radical (unpaired) electrons. The van der Waals surface area contributed by atoms with E-state index in [1.807, 2.05) is 18.9 Å². The Hall–Kier alpha value is -0.570. The molecular weight excluding hydrogens is 130 g/mol. The first-order chi connectivity index (χ1) is 4.66. The lowest BCUT2D eigenvalue weighted by molar-refractivity contribution is -0.151. The predicted octanol–water partition coefficient (Wildman–Crippen LogP) is 0.411. The summed E-state index contributed by atoms with van der Waals surface area (Å²) in [4.78, 5) is 12.4. The van der Waals surface area contributed by atoms with Crippen molar-refractivity contribution in [1.82, 2.24) is 4.90 Å². The standard InChI is InChI=1S/C7H13NO2/c1-3-5-4-8(2)6(5)7(9)10/h5-6H,3-4H2,1-2H3,(H,9,10). The minimum absolute atomic E-state index is 0.218. The third kappa shape index (κ3) is 1.01. The van der Waals surface area contributed by atoms with Gasteiger partial charge in [-0.05, 0) is 13.0 Å². The smallest absolute Gasteiger partial charge is 0.321 e. The Morgan fingerprint density at radius 2 is 2.40 bits per heavy atom. The molecule has 3 heteroatoms. The molecule has 10 heavy (non-hydrogen) atoms. The van der Waals surface area contributed by atoms with Crippen molar-refractivity contribution in [3.8, 4) is 0 Å². The van der Waals surface area contributed by atoms with Crippen molar-refractivity contribution >= 4 is 5.97 Å². The molecule has 0 bridgehead atoms. The summed E-state index contributed by atoms with van der Waals surface area (Å²) in [7, 11) is 1.85. The number of likely N-dealkylation sites (tertiary alicyclic amines) is 1. The quantitative estimate of drug-likeness (QED) is 0.608. The van der Waals surface area contributed by atoms with Gasteiger partial charge in [-0.1, -0.05) is 13.3 Å². The normalized spacial score (nSPS) is 33.4. The largest absolute Gasteiger partial charge is 0.480 e. The van der Waals surface area contributed by atoms with Gasteiger partial charge >= 0.3 is 5.97 Å². The summed E-state index contributed by atoms with van der Waals surface area (Å²) in [5.74, 6) is -0.303. The van der Waals surface area contributed by atoms with E-state index < -0.39 is 5.97 Å². The van der Waals surface area contributed by atoms with E-state index in [0.717, 1.165) is 13.0 Å². The minimum atomic E-state index is -0.680. The zero-order valence-electron chi connectivity index (χ0n) is 6.37. The average Bonchev–Trinajstić information content (AvgIpc) is 1.80. The highest BCUT2D eigenvalue weighted by Gasteiger charge is 2.39. The summed E-state index contributed by atoms with van der Waals surface area (Å²) in [5, 5.41) is 8.66. The van der Waals surface area contributed by atoms with Gasteiger partial charge in [0.1, 0.15) is 6.04 Å². The fourth-order valence-corrected chi connectivity index (χ4v) is 1.55. The Bertz CT molecular complexity index is 147. The van der Waals surface area contributed by atoms with Crippen LogP contribution in [0.5, 0.6) is 0 Å². The van der Waals surface area contributed by atoms with Gasteiger partial charge in [0.05, 0.1) is 0 Å². The Kier molecular flexibility index (Phi) is 1.94. The first kappa shape index (κ1) is 7.54. The van der Waals surface area contributed by atoms with Gasteiger partial charge < -0.3 is 5.11 Å². The van der Waals surface area contributed by atoms with E-state index in [-0.39, 0.29) is 6.04 Å². The summed E-state index contributed by atoms with van der Waals surface area (Å²) in [6, 6.07) is -0.218. The molecule has 1 fully saturated rings. The number of hydrogen-bond donors (Lipinski definition) is 1. The Morgan fingerprint density at radius 1 is 1.80 bits per heavy atom. The number of carboxylic acid groups (broad SMARTS) is 1. The van der Waals surface area contributed by atoms with E-state index in [1.54, 1.807) is 0 Å². The van der Waals surface area contributed by atoms with Gasteiger partial charge in [-0.15, -0.1) is 0 Å². The van der Waals surface area contributed by atoms with Crippen molar-refractivity contribution < 1.29 is 9.90 Å². The van der Waals surface area contributed by atoms with Crippen LogP contribution in [0.1, 0.15) is 13.3 Å². The topological polar surface area (TPSA) is 40.5 Å². The van der Waals surface area contributed by atoms with Gasteiger partial charge in [0.15, 0.2) is 0 Å². The first-order valence-electron chi connectivity index (χ1n) is 3.59. The third-order valence-electron chi connectivity index (χ3n) is 2.22. The lowest BCUT2D eigenvalue weighted by atomic mass is 9.87. The summed E-state index contributed by atoms with van der Waals surface area (Å²) in [6.45, 7) is 2.97. The summed E-state index contributed by atoms with van der Waals surface area (Å²) >= 11 is 0. The second-order valence-corrected chi connectivity index (χ2v) is 2.89. The van der Waals surface area contributed by atoms with E-state index in [0.29, 0.717) is 5.92 Å². The average molecular weight is 143 g/mol. The zero-order valence-corrected chi connectivity index (χ0v) is 6.37. The summed E-state index contributed by atoms with van der Waals surface area (Å²) in [6.07, 6.45) is 0.974. The number of rotatable bonds is 2. The van der Waals surface area contributed by atoms with Crippen LogP contribution in [-0.4, -0.2) is 35.6 Å². The monoisotopic (exact) mass is 143 g/mol. The molecule has 1 aliphatic heterocycles. The van der Waals surface area contributed by atoms with Crippen LogP contribution in [-0.2, 0) is 4.79 Å². The van der Waals surface area contributed by atoms with Crippen LogP contribution in [0.2, 0.25) is 0 Å². The van der Waals surface area contributed by atoms with Gasteiger partial charge in [-0.2, -0.15) is 0 Å². The Labute approximate surface area is 60.6 Å². The summed E-state index contributed by atoms with van der Waals surface area (Å²) < 4.78 is 0. The van der Waals surface area contributed by atoms with Crippen molar-refractivity contribution in [1.29, 1.82) is 0 Å². The van der Waals surface area contributed by atoms with Crippen LogP contribution < -0.4 is 0 Å². The summed E-state index contributed by atoms with van der Waals surface area (Å²) in [5.41, 5.74) is 0. The lowest BCUT2D eigenvalue weighted by Crippen LogP contribution is -2.57. The molecule has 0 aromatic rings. The molecule has 1 aliphatic rings. The maximum Gasteiger partial charge on any atom is 0.321 e. The Morgan fingerprint density at radius 3 is 2.60 bits per heavy atom. The van der Waals surface area contributed by atoms with Crippen LogP contribution in [0.4, 0.5) is 0 Å². The van der Waals surface area contributed by atoms with Crippen LogP contribution in [0, 0.1) is 5.92 Å². The molecule has 0 aromatic heterocycles. The zero-order chi connectivity index (χ0) is 7.72. The van der Waals surface area contributed by atoms with Crippen LogP contribution in [0.3, 0.4) is 0 Å². The van der Waals surface area contributed by atoms with Crippen molar-refractivity contribution in [3.05, 3.63) is 0 Å². The van der Waals surface area contributed by atoms with Crippen LogP contribution >= 0.6 is 0 Å². The van der Waals surface area contributed by atoms with Crippen molar-refractivity contribution in [2.24, 2.45) is 5.92 Å². The van der Waals surface area contributed by atoms with Crippen LogP contribution in [0.25, 0.3) is 0 Å². The molecule has 1 saturated heterocycles. The van der Waals surface area contributed by atoms with Crippen molar-refractivity contribution in [3.63, 3.8) is 0 Å². The molecule has 0 amide bonds. The van der Waals surface area contributed by atoms with E-state index in [4.69, 9.17) is 5.11 Å². The molecule has 1 N–H and O–H groups in total. The number of likely N-dealkylation sites (N-methyl/N-ethyl adjacent to an activating group) is 1. The molecule has 1 heterocycles. The van der Waals surface area contributed by atoms with Gasteiger partial charge in [0.2, 0.25) is 0 Å². The third-order valence-corrected chi connectivity index (χ3v) is 2.22. The highest BCUT2D eigenvalue weighted by atomic mass is 16.4. The van der Waals surface area contributed by atoms with Crippen molar-refractivity contribution in [2.75, 3.05) is 13.6 Å². The van der Waals surface area contributed by atoms with E-state index in [2.05, 4.69) is 0 Å². The fourth-order valence-electron chi connectivity index (χ4n) is 1.55.